The fraction of sp³-hybridized carbons (Fsp3) is 0.929. The molecule has 2 aliphatic heterocycles. The maximum Gasteiger partial charge on any atom is 0.222 e. The van der Waals surface area contributed by atoms with Gasteiger partial charge in [0.25, 0.3) is 0 Å². The molecule has 2 saturated heterocycles. The van der Waals surface area contributed by atoms with E-state index in [1.807, 2.05) is 4.90 Å². The molecular weight excluding hydrogens is 276 g/mol. The van der Waals surface area contributed by atoms with E-state index in [2.05, 4.69) is 13.8 Å². The molecule has 2 aliphatic rings. The third-order valence-electron chi connectivity index (χ3n) is 4.76. The van der Waals surface area contributed by atoms with Gasteiger partial charge in [-0.05, 0) is 30.6 Å². The third kappa shape index (κ3) is 3.73. The zero-order chi connectivity index (χ0) is 14.9. The number of carbonyl (C=O) groups is 1. The minimum Gasteiger partial charge on any atom is -0.341 e. The van der Waals surface area contributed by atoms with E-state index >= 15 is 0 Å². The van der Waals surface area contributed by atoms with Gasteiger partial charge < -0.3 is 10.6 Å². The number of nitrogens with zero attached hydrogens (tertiary/aromatic N) is 1. The first-order valence-corrected chi connectivity index (χ1v) is 9.34. The van der Waals surface area contributed by atoms with Gasteiger partial charge in [-0.3, -0.25) is 4.79 Å². The van der Waals surface area contributed by atoms with Crippen LogP contribution in [0.5, 0.6) is 0 Å². The molecule has 2 atom stereocenters. The smallest absolute Gasteiger partial charge is 0.222 e. The van der Waals surface area contributed by atoms with Crippen LogP contribution in [0.25, 0.3) is 0 Å². The van der Waals surface area contributed by atoms with Crippen molar-refractivity contribution in [2.75, 3.05) is 24.6 Å². The van der Waals surface area contributed by atoms with Crippen LogP contribution < -0.4 is 5.73 Å². The molecule has 0 aromatic carbocycles. The van der Waals surface area contributed by atoms with Gasteiger partial charge in [-0.25, -0.2) is 8.42 Å². The molecule has 116 valence electrons. The lowest BCUT2D eigenvalue weighted by molar-refractivity contribution is -0.131. The Morgan fingerprint density at radius 2 is 1.85 bits per heavy atom. The van der Waals surface area contributed by atoms with Crippen molar-refractivity contribution in [3.63, 3.8) is 0 Å². The van der Waals surface area contributed by atoms with Gasteiger partial charge in [-0.2, -0.15) is 0 Å². The van der Waals surface area contributed by atoms with Crippen LogP contribution in [0.4, 0.5) is 0 Å². The molecule has 1 amide bonds. The van der Waals surface area contributed by atoms with Crippen molar-refractivity contribution in [1.29, 1.82) is 0 Å². The number of carbonyl (C=O) groups excluding carboxylic acids is 1. The Morgan fingerprint density at radius 3 is 2.35 bits per heavy atom. The van der Waals surface area contributed by atoms with E-state index in [-0.39, 0.29) is 29.4 Å². The first-order chi connectivity index (χ1) is 9.28. The second-order valence-electron chi connectivity index (χ2n) is 6.67. The van der Waals surface area contributed by atoms with Crippen molar-refractivity contribution in [2.45, 2.75) is 39.2 Å². The molecule has 2 N–H and O–H groups in total. The standard InChI is InChI=1S/C14H26N2O3S/c1-10(2)12-8-16(9-13(12)15)14(17)7-11-3-5-20(18,19)6-4-11/h10-13H,3-9,15H2,1-2H3/t12-,13+/m1/s1. The number of nitrogens with two attached hydrogens (primary N) is 1. The highest BCUT2D eigenvalue weighted by Gasteiger charge is 2.35. The minimum atomic E-state index is -2.84. The Kier molecular flexibility index (Phi) is 4.74. The van der Waals surface area contributed by atoms with E-state index < -0.39 is 9.84 Å². The molecule has 2 fully saturated rings. The number of hydrogen-bond donors (Lipinski definition) is 1. The first-order valence-electron chi connectivity index (χ1n) is 7.52. The van der Waals surface area contributed by atoms with Gasteiger partial charge >= 0.3 is 0 Å². The zero-order valence-corrected chi connectivity index (χ0v) is 13.2. The lowest BCUT2D eigenvalue weighted by Gasteiger charge is -2.24. The molecule has 0 spiro atoms. The Labute approximate surface area is 121 Å². The SMILES string of the molecule is CC(C)[C@H]1CN(C(=O)CC2CCS(=O)(=O)CC2)C[C@@H]1N. The number of sulfone groups is 1. The molecule has 0 unspecified atom stereocenters. The van der Waals surface area contributed by atoms with Crippen molar-refractivity contribution in [2.24, 2.45) is 23.5 Å². The fourth-order valence-electron chi connectivity index (χ4n) is 3.28. The molecule has 0 bridgehead atoms. The highest BCUT2D eigenvalue weighted by molar-refractivity contribution is 7.91. The summed E-state index contributed by atoms with van der Waals surface area (Å²) in [6.45, 7) is 5.68. The van der Waals surface area contributed by atoms with E-state index in [0.717, 1.165) is 6.54 Å². The van der Waals surface area contributed by atoms with E-state index in [1.165, 1.54) is 0 Å². The van der Waals surface area contributed by atoms with Crippen LogP contribution >= 0.6 is 0 Å². The molecule has 0 radical (unpaired) electrons. The summed E-state index contributed by atoms with van der Waals surface area (Å²) in [6, 6.07) is 0.0747. The Bertz CT molecular complexity index is 447. The van der Waals surface area contributed by atoms with E-state index in [4.69, 9.17) is 5.73 Å². The topological polar surface area (TPSA) is 80.5 Å². The summed E-state index contributed by atoms with van der Waals surface area (Å²) in [4.78, 5) is 14.2. The second kappa shape index (κ2) is 6.02. The predicted molar refractivity (Wildman–Crippen MR) is 78.9 cm³/mol. The summed E-state index contributed by atoms with van der Waals surface area (Å²) < 4.78 is 22.8. The summed E-state index contributed by atoms with van der Waals surface area (Å²) in [5.41, 5.74) is 6.10. The molecule has 0 aromatic rings. The van der Waals surface area contributed by atoms with Crippen molar-refractivity contribution >= 4 is 15.7 Å². The second-order valence-corrected chi connectivity index (χ2v) is 8.97. The highest BCUT2D eigenvalue weighted by atomic mass is 32.2. The minimum absolute atomic E-state index is 0.0747. The maximum atomic E-state index is 12.3. The molecule has 0 saturated carbocycles. The molecule has 0 aromatic heterocycles. The molecule has 5 nitrogen and oxygen atoms in total. The Hall–Kier alpha value is -0.620. The highest BCUT2D eigenvalue weighted by Crippen LogP contribution is 2.27. The lowest BCUT2D eigenvalue weighted by Crippen LogP contribution is -2.34. The summed E-state index contributed by atoms with van der Waals surface area (Å²) >= 11 is 0. The van der Waals surface area contributed by atoms with Crippen molar-refractivity contribution in [1.82, 2.24) is 4.90 Å². The van der Waals surface area contributed by atoms with Crippen molar-refractivity contribution in [3.05, 3.63) is 0 Å². The van der Waals surface area contributed by atoms with Gasteiger partial charge in [-0.1, -0.05) is 13.8 Å². The summed E-state index contributed by atoms with van der Waals surface area (Å²) in [5.74, 6) is 1.71. The number of likely N-dealkylation sites (tertiary alicyclic amines) is 1. The quantitative estimate of drug-likeness (QED) is 0.830. The number of amides is 1. The maximum absolute atomic E-state index is 12.3. The molecule has 2 rings (SSSR count). The van der Waals surface area contributed by atoms with Crippen molar-refractivity contribution in [3.8, 4) is 0 Å². The summed E-state index contributed by atoms with van der Waals surface area (Å²) in [7, 11) is -2.84. The molecule has 6 heteroatoms. The summed E-state index contributed by atoms with van der Waals surface area (Å²) in [5, 5.41) is 0. The number of rotatable bonds is 3. The van der Waals surface area contributed by atoms with Crippen molar-refractivity contribution < 1.29 is 13.2 Å². The van der Waals surface area contributed by atoms with Crippen LogP contribution in [0, 0.1) is 17.8 Å². The van der Waals surface area contributed by atoms with Crippen LogP contribution in [0.3, 0.4) is 0 Å². The molecular formula is C14H26N2O3S. The van der Waals surface area contributed by atoms with Gasteiger partial charge in [0.1, 0.15) is 9.84 Å². The van der Waals surface area contributed by atoms with Gasteiger partial charge in [0, 0.05) is 25.6 Å². The van der Waals surface area contributed by atoms with Gasteiger partial charge in [0.2, 0.25) is 5.91 Å². The van der Waals surface area contributed by atoms with Crippen LogP contribution in [0.15, 0.2) is 0 Å². The zero-order valence-electron chi connectivity index (χ0n) is 12.4. The molecule has 2 heterocycles. The Balaban J connectivity index is 1.84. The fourth-order valence-corrected chi connectivity index (χ4v) is 4.87. The number of hydrogen-bond acceptors (Lipinski definition) is 4. The van der Waals surface area contributed by atoms with E-state index in [1.54, 1.807) is 0 Å². The average Bonchev–Trinajstić information content (AvgIpc) is 2.74. The van der Waals surface area contributed by atoms with Gasteiger partial charge in [0.15, 0.2) is 0 Å². The van der Waals surface area contributed by atoms with E-state index in [0.29, 0.717) is 37.6 Å². The third-order valence-corrected chi connectivity index (χ3v) is 6.47. The van der Waals surface area contributed by atoms with Gasteiger partial charge in [-0.15, -0.1) is 0 Å². The normalized spacial score (nSPS) is 30.9. The first kappa shape index (κ1) is 15.8. The lowest BCUT2D eigenvalue weighted by atomic mass is 9.92. The molecule has 0 aliphatic carbocycles. The van der Waals surface area contributed by atoms with Crippen LogP contribution in [-0.4, -0.2) is 49.9 Å². The van der Waals surface area contributed by atoms with Crippen LogP contribution in [-0.2, 0) is 14.6 Å². The van der Waals surface area contributed by atoms with Crippen LogP contribution in [0.2, 0.25) is 0 Å². The van der Waals surface area contributed by atoms with Gasteiger partial charge in [0.05, 0.1) is 11.5 Å². The van der Waals surface area contributed by atoms with E-state index in [9.17, 15) is 13.2 Å². The van der Waals surface area contributed by atoms with Crippen LogP contribution in [0.1, 0.15) is 33.1 Å². The predicted octanol–water partition coefficient (Wildman–Crippen LogP) is 0.643. The Morgan fingerprint density at radius 1 is 1.25 bits per heavy atom. The monoisotopic (exact) mass is 302 g/mol. The summed E-state index contributed by atoms with van der Waals surface area (Å²) in [6.07, 6.45) is 1.73. The average molecular weight is 302 g/mol. The largest absolute Gasteiger partial charge is 0.341 e. The molecule has 20 heavy (non-hydrogen) atoms.